The Kier molecular flexibility index (Phi) is 7.37. The Labute approximate surface area is 190 Å². The van der Waals surface area contributed by atoms with Crippen LogP contribution in [0.25, 0.3) is 0 Å². The number of halogens is 2. The minimum absolute atomic E-state index is 0.0511. The Balaban J connectivity index is 1.79. The molecule has 1 amide bonds. The number of hydrogen-bond acceptors (Lipinski definition) is 6. The highest BCUT2D eigenvalue weighted by atomic mass is 19.3. The van der Waals surface area contributed by atoms with Crippen molar-refractivity contribution >= 4 is 17.6 Å². The lowest BCUT2D eigenvalue weighted by Gasteiger charge is -2.19. The molecule has 0 spiro atoms. The standard InChI is InChI=1S/C23H25F2N5O3/c1-23(2,3)33-22(31)27-18-12-8-11-16(26-18)14-32-29-19(15-9-6-5-7-10-15)17-13-30(4)28-20(17)21(24)25/h5-13,21H,14H2,1-4H3,(H,26,27,31)/b29-19-. The molecule has 0 radical (unpaired) electrons. The van der Waals surface area contributed by atoms with E-state index in [1.165, 1.54) is 10.9 Å². The van der Waals surface area contributed by atoms with E-state index in [-0.39, 0.29) is 29.4 Å². The van der Waals surface area contributed by atoms with Crippen molar-refractivity contribution in [3.63, 3.8) is 0 Å². The van der Waals surface area contributed by atoms with Crippen molar-refractivity contribution in [2.75, 3.05) is 5.32 Å². The van der Waals surface area contributed by atoms with Crippen LogP contribution in [0.4, 0.5) is 19.4 Å². The van der Waals surface area contributed by atoms with E-state index >= 15 is 0 Å². The van der Waals surface area contributed by atoms with Crippen molar-refractivity contribution in [3.8, 4) is 0 Å². The summed E-state index contributed by atoms with van der Waals surface area (Å²) in [6.45, 7) is 5.22. The summed E-state index contributed by atoms with van der Waals surface area (Å²) in [5.74, 6) is 0.282. The van der Waals surface area contributed by atoms with Crippen LogP contribution in [-0.4, -0.2) is 32.2 Å². The lowest BCUT2D eigenvalue weighted by molar-refractivity contribution is 0.0635. The second-order valence-electron chi connectivity index (χ2n) is 8.12. The van der Waals surface area contributed by atoms with Crippen LogP contribution in [0.1, 0.15) is 49.7 Å². The Hall–Kier alpha value is -3.82. The first-order valence-electron chi connectivity index (χ1n) is 10.2. The number of carbonyl (C=O) groups is 1. The number of amides is 1. The number of benzene rings is 1. The predicted molar refractivity (Wildman–Crippen MR) is 119 cm³/mol. The van der Waals surface area contributed by atoms with Crippen LogP contribution in [0.15, 0.2) is 59.9 Å². The molecule has 0 saturated heterocycles. The van der Waals surface area contributed by atoms with Gasteiger partial charge >= 0.3 is 6.09 Å². The molecule has 8 nitrogen and oxygen atoms in total. The highest BCUT2D eigenvalue weighted by molar-refractivity contribution is 6.13. The van der Waals surface area contributed by atoms with E-state index in [9.17, 15) is 13.6 Å². The number of ether oxygens (including phenoxy) is 1. The van der Waals surface area contributed by atoms with Gasteiger partial charge in [-0.2, -0.15) is 5.10 Å². The van der Waals surface area contributed by atoms with E-state index in [0.29, 0.717) is 11.3 Å². The molecule has 1 aromatic carbocycles. The molecule has 0 unspecified atom stereocenters. The van der Waals surface area contributed by atoms with Gasteiger partial charge in [0.1, 0.15) is 22.8 Å². The third-order valence-electron chi connectivity index (χ3n) is 4.17. The minimum atomic E-state index is -2.77. The van der Waals surface area contributed by atoms with Crippen molar-refractivity contribution in [1.82, 2.24) is 14.8 Å². The second kappa shape index (κ2) is 10.2. The van der Waals surface area contributed by atoms with Gasteiger partial charge in [-0.1, -0.05) is 41.6 Å². The summed E-state index contributed by atoms with van der Waals surface area (Å²) < 4.78 is 33.6. The van der Waals surface area contributed by atoms with Crippen LogP contribution < -0.4 is 5.32 Å². The van der Waals surface area contributed by atoms with Crippen molar-refractivity contribution in [1.29, 1.82) is 0 Å². The number of nitrogens with zero attached hydrogens (tertiary/aromatic N) is 4. The van der Waals surface area contributed by atoms with E-state index < -0.39 is 18.1 Å². The normalized spacial score (nSPS) is 12.0. The number of rotatable bonds is 7. The van der Waals surface area contributed by atoms with Gasteiger partial charge in [-0.3, -0.25) is 10.00 Å². The first-order valence-corrected chi connectivity index (χ1v) is 10.2. The average Bonchev–Trinajstić information content (AvgIpc) is 3.12. The molecule has 0 aliphatic heterocycles. The van der Waals surface area contributed by atoms with E-state index in [0.717, 1.165) is 0 Å². The number of oxime groups is 1. The third-order valence-corrected chi connectivity index (χ3v) is 4.17. The molecular formula is C23H25F2N5O3. The lowest BCUT2D eigenvalue weighted by atomic mass is 10.0. The molecule has 0 bridgehead atoms. The molecule has 10 heteroatoms. The van der Waals surface area contributed by atoms with E-state index in [4.69, 9.17) is 9.57 Å². The highest BCUT2D eigenvalue weighted by Gasteiger charge is 2.23. The number of carbonyl (C=O) groups excluding carboxylic acids is 1. The van der Waals surface area contributed by atoms with Crippen LogP contribution in [0.3, 0.4) is 0 Å². The van der Waals surface area contributed by atoms with Gasteiger partial charge in [0.05, 0.1) is 11.3 Å². The fourth-order valence-electron chi connectivity index (χ4n) is 2.90. The molecule has 0 fully saturated rings. The molecule has 2 heterocycles. The van der Waals surface area contributed by atoms with Gasteiger partial charge in [0.15, 0.2) is 6.61 Å². The molecule has 0 aliphatic rings. The van der Waals surface area contributed by atoms with Crippen molar-refractivity contribution in [2.24, 2.45) is 12.2 Å². The SMILES string of the molecule is Cn1cc(/C(=N\OCc2cccc(NC(=O)OC(C)(C)C)n2)c2ccccc2)c(C(F)F)n1. The smallest absolute Gasteiger partial charge is 0.413 e. The lowest BCUT2D eigenvalue weighted by Crippen LogP contribution is -2.27. The summed E-state index contributed by atoms with van der Waals surface area (Å²) in [5, 5.41) is 10.5. The number of nitrogens with one attached hydrogen (secondary N) is 1. The number of pyridine rings is 1. The number of aryl methyl sites for hydroxylation is 1. The van der Waals surface area contributed by atoms with Gasteiger partial charge < -0.3 is 9.57 Å². The zero-order chi connectivity index (χ0) is 24.0. The van der Waals surface area contributed by atoms with Crippen LogP contribution in [0.2, 0.25) is 0 Å². The molecule has 1 N–H and O–H groups in total. The fourth-order valence-corrected chi connectivity index (χ4v) is 2.90. The molecule has 0 saturated carbocycles. The molecule has 174 valence electrons. The quantitative estimate of drug-likeness (QED) is 0.395. The molecule has 3 rings (SSSR count). The summed E-state index contributed by atoms with van der Waals surface area (Å²) >= 11 is 0. The molecule has 0 atom stereocenters. The Morgan fingerprint density at radius 2 is 1.88 bits per heavy atom. The molecule has 33 heavy (non-hydrogen) atoms. The largest absolute Gasteiger partial charge is 0.444 e. The molecular weight excluding hydrogens is 432 g/mol. The van der Waals surface area contributed by atoms with Gasteiger partial charge in [-0.05, 0) is 32.9 Å². The van der Waals surface area contributed by atoms with Crippen molar-refractivity contribution in [2.45, 2.75) is 39.4 Å². The van der Waals surface area contributed by atoms with Gasteiger partial charge in [-0.15, -0.1) is 0 Å². The van der Waals surface area contributed by atoms with E-state index in [2.05, 4.69) is 20.6 Å². The second-order valence-corrected chi connectivity index (χ2v) is 8.12. The zero-order valence-electron chi connectivity index (χ0n) is 18.8. The van der Waals surface area contributed by atoms with Crippen molar-refractivity contribution in [3.05, 3.63) is 77.2 Å². The zero-order valence-corrected chi connectivity index (χ0v) is 18.8. The maximum atomic E-state index is 13.5. The molecule has 0 aliphatic carbocycles. The van der Waals surface area contributed by atoms with Gasteiger partial charge in [-0.25, -0.2) is 18.6 Å². The molecule has 2 aromatic heterocycles. The predicted octanol–water partition coefficient (Wildman–Crippen LogP) is 5.07. The van der Waals surface area contributed by atoms with Gasteiger partial charge in [0.25, 0.3) is 6.43 Å². The van der Waals surface area contributed by atoms with Crippen LogP contribution in [-0.2, 0) is 23.2 Å². The number of anilines is 1. The number of hydrogen-bond donors (Lipinski definition) is 1. The Morgan fingerprint density at radius 1 is 1.15 bits per heavy atom. The Morgan fingerprint density at radius 3 is 2.55 bits per heavy atom. The topological polar surface area (TPSA) is 90.6 Å². The maximum Gasteiger partial charge on any atom is 0.413 e. The summed E-state index contributed by atoms with van der Waals surface area (Å²) in [6, 6.07) is 13.8. The summed E-state index contributed by atoms with van der Waals surface area (Å²) in [5.41, 5.74) is 0.441. The van der Waals surface area contributed by atoms with Gasteiger partial charge in [0.2, 0.25) is 0 Å². The fraction of sp³-hybridized carbons (Fsp3) is 0.304. The average molecular weight is 457 g/mol. The van der Waals surface area contributed by atoms with E-state index in [1.807, 2.05) is 6.07 Å². The van der Waals surface area contributed by atoms with Gasteiger partial charge in [0, 0.05) is 18.8 Å². The first-order chi connectivity index (χ1) is 15.6. The molecule has 3 aromatic rings. The first kappa shape index (κ1) is 23.8. The summed E-state index contributed by atoms with van der Waals surface area (Å²) in [6.07, 6.45) is -1.93. The summed E-state index contributed by atoms with van der Waals surface area (Å²) in [4.78, 5) is 21.7. The summed E-state index contributed by atoms with van der Waals surface area (Å²) in [7, 11) is 1.56. The maximum absolute atomic E-state index is 13.5. The number of alkyl halides is 2. The third kappa shape index (κ3) is 6.83. The van der Waals surface area contributed by atoms with Crippen LogP contribution in [0, 0.1) is 0 Å². The van der Waals surface area contributed by atoms with E-state index in [1.54, 1.807) is 70.3 Å². The minimum Gasteiger partial charge on any atom is -0.444 e. The van der Waals surface area contributed by atoms with Crippen LogP contribution in [0.5, 0.6) is 0 Å². The monoisotopic (exact) mass is 457 g/mol. The number of aromatic nitrogens is 3. The van der Waals surface area contributed by atoms with Crippen LogP contribution >= 0.6 is 0 Å². The Bertz CT molecular complexity index is 1120. The van der Waals surface area contributed by atoms with Crippen molar-refractivity contribution < 1.29 is 23.1 Å². The highest BCUT2D eigenvalue weighted by Crippen LogP contribution is 2.24.